The maximum Gasteiger partial charge on any atom is 0.261 e. The lowest BCUT2D eigenvalue weighted by Gasteiger charge is -2.44. The number of carbonyl (C=O) groups excluding carboxylic acids is 4. The van der Waals surface area contributed by atoms with Gasteiger partial charge in [0.2, 0.25) is 23.1 Å². The molecule has 0 radical (unpaired) electrons. The van der Waals surface area contributed by atoms with E-state index in [9.17, 15) is 24.3 Å². The molecule has 0 amide bonds. The molecule has 0 spiro atoms. The van der Waals surface area contributed by atoms with Crippen molar-refractivity contribution in [2.45, 2.75) is 63.8 Å². The number of thioether (sulfide) groups is 1. The minimum absolute atomic E-state index is 0.0635. The van der Waals surface area contributed by atoms with Crippen molar-refractivity contribution in [2.75, 3.05) is 24.7 Å². The lowest BCUT2D eigenvalue weighted by molar-refractivity contribution is -0.111. The standard InChI is InChI=1S/C29H28O4SSi.C19H26O2SSi.C10H6O2/c1-29(2,3)35(21-12-6-4-7-13-21,22-14-8-5-9-15-22)32-18-20-19-34-28-26(31)25(30)23-16-10-11-17-24(23)27(28)33-20;1-19(2,3)23(21-14-16(20)15-22,17-10-6-4-7-11-17)18-12-8-5-9-13-18;11-9-6-5-7-3-1-2-4-8(7)10(9)12/h4-17,20H,18-19H2,1-3H3;4-13,16,20,22H,14-15H2,1-3H3;1-6H. The molecule has 1 heterocycles. The molecule has 12 heteroatoms. The fourth-order valence-electron chi connectivity index (χ4n) is 9.28. The number of hydrogen-bond donors (Lipinski definition) is 2. The molecule has 6 aromatic rings. The smallest absolute Gasteiger partial charge is 0.261 e. The molecule has 1 N–H and O–H groups in total. The van der Waals surface area contributed by atoms with Crippen molar-refractivity contribution < 1.29 is 37.9 Å². The van der Waals surface area contributed by atoms with Crippen molar-refractivity contribution in [2.24, 2.45) is 0 Å². The molecule has 0 saturated carbocycles. The molecule has 6 aromatic carbocycles. The van der Waals surface area contributed by atoms with Crippen molar-refractivity contribution in [3.05, 3.63) is 203 Å². The number of benzene rings is 6. The molecular weight excluding hydrogens is 945 g/mol. The third-order valence-corrected chi connectivity index (χ3v) is 24.2. The van der Waals surface area contributed by atoms with Gasteiger partial charge in [-0.1, -0.05) is 217 Å². The lowest BCUT2D eigenvalue weighted by Crippen LogP contribution is -2.67. The highest BCUT2D eigenvalue weighted by Gasteiger charge is 2.52. The molecule has 8 nitrogen and oxygen atoms in total. The van der Waals surface area contributed by atoms with Crippen LogP contribution >= 0.6 is 24.4 Å². The first-order chi connectivity index (χ1) is 33.5. The van der Waals surface area contributed by atoms with Crippen molar-refractivity contribution in [1.82, 2.24) is 0 Å². The number of Topliss-reactive ketones (excluding diaryl/α,β-unsaturated/α-hetero) is 3. The van der Waals surface area contributed by atoms with E-state index in [2.05, 4.69) is 151 Å². The summed E-state index contributed by atoms with van der Waals surface area (Å²) in [6.07, 6.45) is 2.18. The number of ether oxygens (including phenoxy) is 1. The van der Waals surface area contributed by atoms with Crippen LogP contribution in [0.5, 0.6) is 0 Å². The van der Waals surface area contributed by atoms with E-state index in [1.54, 1.807) is 30.3 Å². The van der Waals surface area contributed by atoms with Gasteiger partial charge in [0.15, 0.2) is 0 Å². The fourth-order valence-corrected chi connectivity index (χ4v) is 19.6. The fraction of sp³-hybridized carbons (Fsp3) is 0.241. The second-order valence-corrected chi connectivity index (χ2v) is 29.3. The number of ketones is 4. The van der Waals surface area contributed by atoms with Gasteiger partial charge < -0.3 is 18.7 Å². The maximum atomic E-state index is 12.7. The van der Waals surface area contributed by atoms with Crippen LogP contribution < -0.4 is 20.7 Å². The highest BCUT2D eigenvalue weighted by atomic mass is 32.2. The van der Waals surface area contributed by atoms with Crippen LogP contribution in [-0.2, 0) is 23.2 Å². The van der Waals surface area contributed by atoms with E-state index in [4.69, 9.17) is 13.6 Å². The monoisotopic (exact) mass is 1000 g/mol. The van der Waals surface area contributed by atoms with E-state index in [0.717, 1.165) is 5.56 Å². The normalized spacial score (nSPS) is 16.1. The van der Waals surface area contributed by atoms with Crippen LogP contribution in [0.3, 0.4) is 0 Å². The Hall–Kier alpha value is -5.71. The summed E-state index contributed by atoms with van der Waals surface area (Å²) in [5.74, 6) is -0.317. The average molecular weight is 1010 g/mol. The molecule has 0 fully saturated rings. The van der Waals surface area contributed by atoms with Gasteiger partial charge in [-0.15, -0.1) is 11.8 Å². The Bertz CT molecular complexity index is 2780. The lowest BCUT2D eigenvalue weighted by atomic mass is 9.93. The Balaban J connectivity index is 0.000000176. The number of carbonyl (C=O) groups is 4. The molecule has 9 rings (SSSR count). The third kappa shape index (κ3) is 10.9. The number of rotatable bonds is 11. The Kier molecular flexibility index (Phi) is 16.8. The van der Waals surface area contributed by atoms with Gasteiger partial charge in [0.05, 0.1) is 19.3 Å². The second kappa shape index (κ2) is 22.6. The highest BCUT2D eigenvalue weighted by molar-refractivity contribution is 8.04. The van der Waals surface area contributed by atoms with E-state index in [-0.39, 0.29) is 16.2 Å². The molecule has 70 heavy (non-hydrogen) atoms. The summed E-state index contributed by atoms with van der Waals surface area (Å²) in [7, 11) is -5.22. The van der Waals surface area contributed by atoms with Gasteiger partial charge in [-0.3, -0.25) is 19.2 Å². The minimum Gasteiger partial charge on any atom is -0.485 e. The van der Waals surface area contributed by atoms with Crippen LogP contribution in [0.4, 0.5) is 0 Å². The largest absolute Gasteiger partial charge is 0.485 e. The SMILES string of the molecule is CC(C)(C)[Si](OCC(O)CS)(c1ccccc1)c1ccccc1.CC(C)(C)[Si](OCC1CSC2=C(O1)c1ccccc1C(=O)C2=O)(c1ccccc1)c1ccccc1.O=C1C=Cc2ccccc2C1=O. The summed E-state index contributed by atoms with van der Waals surface area (Å²) < 4.78 is 20.0. The van der Waals surface area contributed by atoms with Crippen LogP contribution in [0.2, 0.25) is 10.1 Å². The number of aliphatic hydroxyl groups is 1. The first-order valence-electron chi connectivity index (χ1n) is 23.4. The Morgan fingerprint density at radius 1 is 0.571 bits per heavy atom. The molecule has 0 aromatic heterocycles. The van der Waals surface area contributed by atoms with Gasteiger partial charge in [0.25, 0.3) is 16.6 Å². The molecule has 360 valence electrons. The molecule has 3 aliphatic rings. The van der Waals surface area contributed by atoms with Crippen molar-refractivity contribution in [3.8, 4) is 0 Å². The molecule has 2 aliphatic carbocycles. The summed E-state index contributed by atoms with van der Waals surface area (Å²) >= 11 is 5.58. The van der Waals surface area contributed by atoms with Gasteiger partial charge >= 0.3 is 0 Å². The van der Waals surface area contributed by atoms with E-state index in [1.807, 2.05) is 48.5 Å². The maximum absolute atomic E-state index is 12.7. The predicted octanol–water partition coefficient (Wildman–Crippen LogP) is 9.15. The van der Waals surface area contributed by atoms with Crippen LogP contribution in [0, 0.1) is 0 Å². The number of thiol groups is 1. The van der Waals surface area contributed by atoms with Crippen LogP contribution in [0.15, 0.2) is 181 Å². The molecule has 0 bridgehead atoms. The summed E-state index contributed by atoms with van der Waals surface area (Å²) in [6, 6.07) is 56.2. The zero-order valence-corrected chi connectivity index (χ0v) is 44.2. The quantitative estimate of drug-likeness (QED) is 0.0745. The number of hydrogen-bond acceptors (Lipinski definition) is 10. The van der Waals surface area contributed by atoms with E-state index < -0.39 is 45.9 Å². The molecule has 2 unspecified atom stereocenters. The average Bonchev–Trinajstić information content (AvgIpc) is 3.38. The van der Waals surface area contributed by atoms with Crippen molar-refractivity contribution >= 4 is 96.7 Å². The van der Waals surface area contributed by atoms with E-state index in [0.29, 0.717) is 52.1 Å². The molecular formula is C58H60O8S2Si2. The van der Waals surface area contributed by atoms with Gasteiger partial charge in [0.1, 0.15) is 16.8 Å². The van der Waals surface area contributed by atoms with Crippen LogP contribution in [0.1, 0.15) is 73.4 Å². The summed E-state index contributed by atoms with van der Waals surface area (Å²) in [4.78, 5) is 47.8. The Labute approximate surface area is 423 Å². The van der Waals surface area contributed by atoms with Gasteiger partial charge in [0, 0.05) is 28.2 Å². The van der Waals surface area contributed by atoms with Gasteiger partial charge in [-0.05, 0) is 42.5 Å². The zero-order valence-electron chi connectivity index (χ0n) is 40.5. The highest BCUT2D eigenvalue weighted by Crippen LogP contribution is 2.42. The summed E-state index contributed by atoms with van der Waals surface area (Å²) in [5.41, 5.74) is 2.42. The first kappa shape index (κ1) is 52.1. The molecule has 2 atom stereocenters. The second-order valence-electron chi connectivity index (χ2n) is 19.3. The number of fused-ring (bicyclic) bond motifs is 3. The van der Waals surface area contributed by atoms with Crippen LogP contribution in [0.25, 0.3) is 11.8 Å². The third-order valence-electron chi connectivity index (χ3n) is 12.6. The molecule has 1 aliphatic heterocycles. The minimum atomic E-state index is -2.70. The predicted molar refractivity (Wildman–Crippen MR) is 292 cm³/mol. The topological polar surface area (TPSA) is 116 Å². The van der Waals surface area contributed by atoms with E-state index >= 15 is 0 Å². The Morgan fingerprint density at radius 2 is 1.00 bits per heavy atom. The number of allylic oxidation sites excluding steroid dienone is 2. The number of aliphatic hydroxyl groups excluding tert-OH is 1. The summed E-state index contributed by atoms with van der Waals surface area (Å²) in [5, 5.41) is 14.7. The Morgan fingerprint density at radius 3 is 1.47 bits per heavy atom. The van der Waals surface area contributed by atoms with Crippen molar-refractivity contribution in [3.63, 3.8) is 0 Å². The van der Waals surface area contributed by atoms with Crippen LogP contribution in [-0.4, -0.2) is 81.8 Å². The zero-order chi connectivity index (χ0) is 50.1. The molecule has 0 saturated heterocycles. The summed E-state index contributed by atoms with van der Waals surface area (Å²) in [6.45, 7) is 14.1. The first-order valence-corrected chi connectivity index (χ1v) is 28.8. The van der Waals surface area contributed by atoms with E-state index in [1.165, 1.54) is 38.6 Å². The van der Waals surface area contributed by atoms with Crippen molar-refractivity contribution in [1.29, 1.82) is 0 Å². The van der Waals surface area contributed by atoms with Gasteiger partial charge in [-0.2, -0.15) is 12.6 Å². The van der Waals surface area contributed by atoms with Gasteiger partial charge in [-0.25, -0.2) is 0 Å².